The van der Waals surface area contributed by atoms with Crippen molar-refractivity contribution in [3.8, 4) is 0 Å². The summed E-state index contributed by atoms with van der Waals surface area (Å²) in [5.74, 6) is -0.880. The van der Waals surface area contributed by atoms with Crippen LogP contribution in [-0.2, 0) is 21.2 Å². The highest BCUT2D eigenvalue weighted by Crippen LogP contribution is 2.34. The summed E-state index contributed by atoms with van der Waals surface area (Å²) < 4.78 is 44.9. The first-order valence-electron chi connectivity index (χ1n) is 7.55. The Bertz CT molecular complexity index is 816. The van der Waals surface area contributed by atoms with E-state index in [1.165, 1.54) is 25.0 Å². The summed E-state index contributed by atoms with van der Waals surface area (Å²) in [4.78, 5) is 19.5. The molecule has 2 aromatic rings. The van der Waals surface area contributed by atoms with Crippen LogP contribution in [0.2, 0.25) is 0 Å². The number of hydrogen-bond acceptors (Lipinski definition) is 7. The van der Waals surface area contributed by atoms with E-state index in [4.69, 9.17) is 4.74 Å². The van der Waals surface area contributed by atoms with Gasteiger partial charge in [0.2, 0.25) is 5.95 Å². The van der Waals surface area contributed by atoms with Gasteiger partial charge in [0.1, 0.15) is 11.4 Å². The van der Waals surface area contributed by atoms with Crippen molar-refractivity contribution >= 4 is 23.4 Å². The van der Waals surface area contributed by atoms with Crippen molar-refractivity contribution in [1.82, 2.24) is 19.7 Å². The summed E-state index contributed by atoms with van der Waals surface area (Å²) >= 11 is 0. The number of ether oxygens (including phenoxy) is 1. The largest absolute Gasteiger partial charge is 0.467 e. The molecule has 0 saturated carbocycles. The summed E-state index contributed by atoms with van der Waals surface area (Å²) in [5.41, 5.74) is -1.01. The number of alkyl halides is 3. The van der Waals surface area contributed by atoms with Crippen molar-refractivity contribution in [2.45, 2.75) is 32.5 Å². The van der Waals surface area contributed by atoms with Crippen molar-refractivity contribution in [2.24, 2.45) is 0 Å². The highest BCUT2D eigenvalue weighted by molar-refractivity contribution is 5.78. The Hall–Kier alpha value is -2.85. The summed E-state index contributed by atoms with van der Waals surface area (Å²) in [6.45, 7) is 4.97. The molecule has 142 valence electrons. The predicted molar refractivity (Wildman–Crippen MR) is 88.2 cm³/mol. The first-order chi connectivity index (χ1) is 12.0. The quantitative estimate of drug-likeness (QED) is 0.780. The minimum atomic E-state index is -4.57. The number of rotatable bonds is 5. The van der Waals surface area contributed by atoms with E-state index in [2.05, 4.69) is 25.7 Å². The zero-order valence-electron chi connectivity index (χ0n) is 14.9. The fraction of sp³-hybridized carbons (Fsp3) is 0.467. The maximum absolute atomic E-state index is 12.9. The normalized spacial score (nSPS) is 12.0. The second-order valence-corrected chi connectivity index (χ2v) is 5.93. The van der Waals surface area contributed by atoms with Gasteiger partial charge >= 0.3 is 12.1 Å². The molecule has 0 radical (unpaired) electrons. The third-order valence-corrected chi connectivity index (χ3v) is 3.80. The minimum Gasteiger partial charge on any atom is -0.467 e. The van der Waals surface area contributed by atoms with E-state index in [1.54, 1.807) is 20.8 Å². The molecule has 0 unspecified atom stereocenters. The molecule has 8 nitrogen and oxygen atoms in total. The summed E-state index contributed by atoms with van der Waals surface area (Å²) in [6, 6.07) is 0. The number of aromatic nitrogens is 4. The monoisotopic (exact) mass is 372 g/mol. The molecule has 0 amide bonds. The molecule has 2 rings (SSSR count). The van der Waals surface area contributed by atoms with Crippen LogP contribution in [0.15, 0.2) is 12.4 Å². The molecule has 0 saturated heterocycles. The number of halogens is 3. The lowest BCUT2D eigenvalue weighted by Gasteiger charge is -2.23. The van der Waals surface area contributed by atoms with Crippen molar-refractivity contribution in [1.29, 1.82) is 0 Å². The van der Waals surface area contributed by atoms with Crippen molar-refractivity contribution in [2.75, 3.05) is 24.8 Å². The Balaban J connectivity index is 2.35. The molecule has 0 aromatic carbocycles. The first kappa shape index (κ1) is 19.5. The van der Waals surface area contributed by atoms with E-state index in [9.17, 15) is 18.0 Å². The van der Waals surface area contributed by atoms with Gasteiger partial charge in [-0.3, -0.25) is 4.68 Å². The van der Waals surface area contributed by atoms with Gasteiger partial charge < -0.3 is 15.4 Å². The topological polar surface area (TPSA) is 94.0 Å². The number of esters is 1. The fourth-order valence-corrected chi connectivity index (χ4v) is 2.39. The molecule has 2 aromatic heterocycles. The average molecular weight is 372 g/mol. The SMILES string of the molecule is CNc1nc(Nc2cnn(C(C)(C)C(=O)OC)c2C)ncc1C(F)(F)F. The Morgan fingerprint density at radius 3 is 2.46 bits per heavy atom. The molecular weight excluding hydrogens is 353 g/mol. The van der Waals surface area contributed by atoms with Gasteiger partial charge in [0.25, 0.3) is 0 Å². The highest BCUT2D eigenvalue weighted by atomic mass is 19.4. The standard InChI is InChI=1S/C15H19F3N6O2/c1-8-10(7-21-24(8)14(2,3)12(25)26-5)22-13-20-6-9(15(16,17)18)11(19-4)23-13/h6-7H,1-5H3,(H2,19,20,22,23). The molecular formula is C15H19F3N6O2. The van der Waals surface area contributed by atoms with Crippen molar-refractivity contribution < 1.29 is 22.7 Å². The molecule has 0 spiro atoms. The molecule has 2 heterocycles. The lowest BCUT2D eigenvalue weighted by Crippen LogP contribution is -2.38. The number of carbonyl (C=O) groups is 1. The van der Waals surface area contributed by atoms with Crippen LogP contribution in [0.5, 0.6) is 0 Å². The Morgan fingerprint density at radius 2 is 1.92 bits per heavy atom. The smallest absolute Gasteiger partial charge is 0.421 e. The van der Waals surface area contributed by atoms with E-state index < -0.39 is 23.2 Å². The second-order valence-electron chi connectivity index (χ2n) is 5.93. The van der Waals surface area contributed by atoms with E-state index in [0.29, 0.717) is 17.6 Å². The van der Waals surface area contributed by atoms with Crippen molar-refractivity contribution in [3.05, 3.63) is 23.7 Å². The molecule has 0 aliphatic rings. The fourth-order valence-electron chi connectivity index (χ4n) is 2.39. The number of nitrogens with zero attached hydrogens (tertiary/aromatic N) is 4. The van der Waals surface area contributed by atoms with Crippen LogP contribution in [0.1, 0.15) is 25.1 Å². The van der Waals surface area contributed by atoms with Gasteiger partial charge in [-0.2, -0.15) is 23.3 Å². The summed E-state index contributed by atoms with van der Waals surface area (Å²) in [6.07, 6.45) is -2.44. The molecule has 26 heavy (non-hydrogen) atoms. The van der Waals surface area contributed by atoms with Gasteiger partial charge in [-0.25, -0.2) is 9.78 Å². The number of anilines is 3. The predicted octanol–water partition coefficient (Wildman–Crippen LogP) is 2.69. The van der Waals surface area contributed by atoms with E-state index >= 15 is 0 Å². The van der Waals surface area contributed by atoms with E-state index in [1.807, 2.05) is 0 Å². The van der Waals surface area contributed by atoms with Crippen molar-refractivity contribution in [3.63, 3.8) is 0 Å². The molecule has 0 bridgehead atoms. The molecule has 11 heteroatoms. The van der Waals surface area contributed by atoms with Crippen LogP contribution in [0.4, 0.5) is 30.6 Å². The highest BCUT2D eigenvalue weighted by Gasteiger charge is 2.35. The van der Waals surface area contributed by atoms with Crippen LogP contribution in [-0.4, -0.2) is 39.9 Å². The molecule has 0 atom stereocenters. The van der Waals surface area contributed by atoms with Crippen LogP contribution in [0.3, 0.4) is 0 Å². The first-order valence-corrected chi connectivity index (χ1v) is 7.55. The van der Waals surface area contributed by atoms with Gasteiger partial charge in [0.05, 0.1) is 24.7 Å². The third-order valence-electron chi connectivity index (χ3n) is 3.80. The number of methoxy groups -OCH3 is 1. The van der Waals surface area contributed by atoms with Gasteiger partial charge in [-0.15, -0.1) is 0 Å². The minimum absolute atomic E-state index is 0.0409. The van der Waals surface area contributed by atoms with Crippen LogP contribution in [0.25, 0.3) is 0 Å². The Labute approximate surface area is 147 Å². The average Bonchev–Trinajstić information content (AvgIpc) is 2.94. The van der Waals surface area contributed by atoms with E-state index in [-0.39, 0.29) is 11.8 Å². The second kappa shape index (κ2) is 6.81. The van der Waals surface area contributed by atoms with Gasteiger partial charge in [-0.05, 0) is 20.8 Å². The zero-order valence-corrected chi connectivity index (χ0v) is 14.9. The van der Waals surface area contributed by atoms with Gasteiger partial charge in [0.15, 0.2) is 5.54 Å². The Morgan fingerprint density at radius 1 is 1.27 bits per heavy atom. The van der Waals surface area contributed by atoms with Crippen LogP contribution < -0.4 is 10.6 Å². The number of hydrogen-bond donors (Lipinski definition) is 2. The van der Waals surface area contributed by atoms with Crippen LogP contribution >= 0.6 is 0 Å². The molecule has 0 aliphatic carbocycles. The summed E-state index contributed by atoms with van der Waals surface area (Å²) in [7, 11) is 2.61. The number of carbonyl (C=O) groups excluding carboxylic acids is 1. The maximum Gasteiger partial charge on any atom is 0.421 e. The van der Waals surface area contributed by atoms with E-state index in [0.717, 1.165) is 0 Å². The third kappa shape index (κ3) is 3.55. The molecule has 0 fully saturated rings. The Kier molecular flexibility index (Phi) is 5.10. The number of nitrogens with one attached hydrogen (secondary N) is 2. The zero-order chi connectivity index (χ0) is 19.7. The maximum atomic E-state index is 12.9. The lowest BCUT2D eigenvalue weighted by atomic mass is 10.1. The van der Waals surface area contributed by atoms with Gasteiger partial charge in [-0.1, -0.05) is 0 Å². The lowest BCUT2D eigenvalue weighted by molar-refractivity contribution is -0.150. The van der Waals surface area contributed by atoms with Gasteiger partial charge in [0, 0.05) is 13.2 Å². The molecule has 2 N–H and O–H groups in total. The molecule has 0 aliphatic heterocycles. The van der Waals surface area contributed by atoms with Crippen LogP contribution in [0, 0.1) is 6.92 Å². The summed E-state index contributed by atoms with van der Waals surface area (Å²) in [5, 5.41) is 9.37.